The van der Waals surface area contributed by atoms with Crippen molar-refractivity contribution < 1.29 is 9.53 Å². The van der Waals surface area contributed by atoms with Gasteiger partial charge in [-0.2, -0.15) is 0 Å². The van der Waals surface area contributed by atoms with E-state index in [1.807, 2.05) is 25.7 Å². The van der Waals surface area contributed by atoms with E-state index in [-0.39, 0.29) is 6.09 Å². The quantitative estimate of drug-likeness (QED) is 0.825. The van der Waals surface area contributed by atoms with Crippen LogP contribution in [0, 0.1) is 11.8 Å². The van der Waals surface area contributed by atoms with Crippen molar-refractivity contribution in [2.24, 2.45) is 17.6 Å². The molecule has 1 rings (SSSR count). The Morgan fingerprint density at radius 3 is 2.71 bits per heavy atom. The monoisotopic (exact) mass is 242 g/mol. The van der Waals surface area contributed by atoms with Gasteiger partial charge in [-0.3, -0.25) is 0 Å². The van der Waals surface area contributed by atoms with Crippen LogP contribution in [0.15, 0.2) is 0 Å². The third-order valence-corrected chi connectivity index (χ3v) is 3.30. The highest BCUT2D eigenvalue weighted by Crippen LogP contribution is 2.27. The van der Waals surface area contributed by atoms with Gasteiger partial charge in [-0.1, -0.05) is 6.92 Å². The Balaban J connectivity index is 2.42. The zero-order chi connectivity index (χ0) is 13.1. The van der Waals surface area contributed by atoms with Gasteiger partial charge in [0.1, 0.15) is 5.60 Å². The van der Waals surface area contributed by atoms with Crippen LogP contribution in [0.1, 0.15) is 40.5 Å². The van der Waals surface area contributed by atoms with E-state index < -0.39 is 5.60 Å². The van der Waals surface area contributed by atoms with Crippen LogP contribution in [0.3, 0.4) is 0 Å². The summed E-state index contributed by atoms with van der Waals surface area (Å²) in [6, 6.07) is 0. The number of rotatable bonds is 3. The number of likely N-dealkylation sites (tertiary alicyclic amines) is 1. The first-order valence-corrected chi connectivity index (χ1v) is 6.51. The van der Waals surface area contributed by atoms with Crippen molar-refractivity contribution in [2.45, 2.75) is 46.1 Å². The van der Waals surface area contributed by atoms with Crippen LogP contribution in [0.25, 0.3) is 0 Å². The van der Waals surface area contributed by atoms with Gasteiger partial charge < -0.3 is 15.4 Å². The summed E-state index contributed by atoms with van der Waals surface area (Å²) in [5.74, 6) is 1.17. The van der Waals surface area contributed by atoms with Gasteiger partial charge in [-0.05, 0) is 52.0 Å². The van der Waals surface area contributed by atoms with Gasteiger partial charge in [0.15, 0.2) is 0 Å². The zero-order valence-corrected chi connectivity index (χ0v) is 11.5. The molecule has 1 amide bonds. The van der Waals surface area contributed by atoms with E-state index in [0.717, 1.165) is 32.5 Å². The first-order chi connectivity index (χ1) is 7.83. The average Bonchev–Trinajstić information content (AvgIpc) is 2.63. The lowest BCUT2D eigenvalue weighted by Crippen LogP contribution is -2.35. The molecule has 1 aliphatic rings. The molecule has 17 heavy (non-hydrogen) atoms. The fourth-order valence-corrected chi connectivity index (χ4v) is 2.24. The lowest BCUT2D eigenvalue weighted by molar-refractivity contribution is 0.0284. The maximum atomic E-state index is 11.9. The standard InChI is InChI=1S/C13H26N2O2/c1-10(5-7-14)11-6-8-15(9-11)12(16)17-13(2,3)4/h10-11H,5-9,14H2,1-4H3. The number of hydrogen-bond donors (Lipinski definition) is 1. The van der Waals surface area contributed by atoms with Crippen LogP contribution < -0.4 is 5.73 Å². The van der Waals surface area contributed by atoms with Crippen molar-refractivity contribution in [1.82, 2.24) is 4.90 Å². The van der Waals surface area contributed by atoms with Crippen LogP contribution >= 0.6 is 0 Å². The number of nitrogens with zero attached hydrogens (tertiary/aromatic N) is 1. The van der Waals surface area contributed by atoms with E-state index in [1.165, 1.54) is 0 Å². The Kier molecular flexibility index (Phi) is 4.80. The molecule has 1 aliphatic heterocycles. The van der Waals surface area contributed by atoms with Crippen LogP contribution in [-0.4, -0.2) is 36.2 Å². The number of carbonyl (C=O) groups is 1. The number of amides is 1. The second-order valence-electron chi connectivity index (χ2n) is 6.03. The highest BCUT2D eigenvalue weighted by molar-refractivity contribution is 5.68. The van der Waals surface area contributed by atoms with Crippen molar-refractivity contribution in [3.63, 3.8) is 0 Å². The molecule has 2 unspecified atom stereocenters. The smallest absolute Gasteiger partial charge is 0.410 e. The minimum Gasteiger partial charge on any atom is -0.444 e. The minimum absolute atomic E-state index is 0.181. The second kappa shape index (κ2) is 5.71. The molecule has 1 fully saturated rings. The summed E-state index contributed by atoms with van der Waals surface area (Å²) in [5.41, 5.74) is 5.16. The van der Waals surface area contributed by atoms with E-state index in [9.17, 15) is 4.79 Å². The highest BCUT2D eigenvalue weighted by Gasteiger charge is 2.31. The van der Waals surface area contributed by atoms with E-state index in [0.29, 0.717) is 11.8 Å². The van der Waals surface area contributed by atoms with Crippen molar-refractivity contribution in [2.75, 3.05) is 19.6 Å². The van der Waals surface area contributed by atoms with Crippen molar-refractivity contribution in [1.29, 1.82) is 0 Å². The third-order valence-electron chi connectivity index (χ3n) is 3.30. The van der Waals surface area contributed by atoms with Crippen molar-refractivity contribution >= 4 is 6.09 Å². The lowest BCUT2D eigenvalue weighted by Gasteiger charge is -2.25. The largest absolute Gasteiger partial charge is 0.444 e. The van der Waals surface area contributed by atoms with E-state index >= 15 is 0 Å². The predicted molar refractivity (Wildman–Crippen MR) is 68.7 cm³/mol. The Morgan fingerprint density at radius 2 is 2.18 bits per heavy atom. The maximum Gasteiger partial charge on any atom is 0.410 e. The lowest BCUT2D eigenvalue weighted by atomic mass is 9.91. The summed E-state index contributed by atoms with van der Waals surface area (Å²) < 4.78 is 5.37. The second-order valence-corrected chi connectivity index (χ2v) is 6.03. The molecule has 0 saturated carbocycles. The number of nitrogens with two attached hydrogens (primary N) is 1. The maximum absolute atomic E-state index is 11.9. The van der Waals surface area contributed by atoms with Crippen molar-refractivity contribution in [3.05, 3.63) is 0 Å². The zero-order valence-electron chi connectivity index (χ0n) is 11.5. The van der Waals surface area contributed by atoms with E-state index in [4.69, 9.17) is 10.5 Å². The minimum atomic E-state index is -0.405. The molecule has 0 bridgehead atoms. The van der Waals surface area contributed by atoms with Gasteiger partial charge in [0.2, 0.25) is 0 Å². The van der Waals surface area contributed by atoms with Gasteiger partial charge in [0, 0.05) is 13.1 Å². The van der Waals surface area contributed by atoms with Crippen molar-refractivity contribution in [3.8, 4) is 0 Å². The van der Waals surface area contributed by atoms with E-state index in [1.54, 1.807) is 0 Å². The SMILES string of the molecule is CC(CCN)C1CCN(C(=O)OC(C)(C)C)C1. The first kappa shape index (κ1) is 14.3. The molecule has 0 spiro atoms. The first-order valence-electron chi connectivity index (χ1n) is 6.51. The van der Waals surface area contributed by atoms with Crippen LogP contribution in [0.4, 0.5) is 4.79 Å². The summed E-state index contributed by atoms with van der Waals surface area (Å²) in [6.45, 7) is 10.3. The van der Waals surface area contributed by atoms with Gasteiger partial charge in [-0.15, -0.1) is 0 Å². The molecule has 0 aromatic rings. The Hall–Kier alpha value is -0.770. The molecule has 1 heterocycles. The molecule has 2 N–H and O–H groups in total. The van der Waals surface area contributed by atoms with E-state index in [2.05, 4.69) is 6.92 Å². The predicted octanol–water partition coefficient (Wildman–Crippen LogP) is 2.23. The molecule has 4 heteroatoms. The normalized spacial score (nSPS) is 22.6. The van der Waals surface area contributed by atoms with Crippen LogP contribution in [0.5, 0.6) is 0 Å². The summed E-state index contributed by atoms with van der Waals surface area (Å²) in [4.78, 5) is 13.7. The van der Waals surface area contributed by atoms with Gasteiger partial charge in [0.25, 0.3) is 0 Å². The third kappa shape index (κ3) is 4.54. The Labute approximate surface area is 104 Å². The molecule has 2 atom stereocenters. The number of ether oxygens (including phenoxy) is 1. The Bertz CT molecular complexity index is 261. The van der Waals surface area contributed by atoms with Crippen LogP contribution in [-0.2, 0) is 4.74 Å². The molecule has 0 aromatic heterocycles. The van der Waals surface area contributed by atoms with Crippen LogP contribution in [0.2, 0.25) is 0 Å². The Morgan fingerprint density at radius 1 is 1.53 bits per heavy atom. The van der Waals surface area contributed by atoms with Gasteiger partial charge in [-0.25, -0.2) is 4.79 Å². The summed E-state index contributed by atoms with van der Waals surface area (Å²) in [5, 5.41) is 0. The number of hydrogen-bond acceptors (Lipinski definition) is 3. The molecule has 0 aliphatic carbocycles. The fraction of sp³-hybridized carbons (Fsp3) is 0.923. The molecule has 100 valence electrons. The van der Waals surface area contributed by atoms with Gasteiger partial charge >= 0.3 is 6.09 Å². The highest BCUT2D eigenvalue weighted by atomic mass is 16.6. The molecular formula is C13H26N2O2. The summed E-state index contributed by atoms with van der Waals surface area (Å²) >= 11 is 0. The molecule has 4 nitrogen and oxygen atoms in total. The molecular weight excluding hydrogens is 216 g/mol. The average molecular weight is 242 g/mol. The topological polar surface area (TPSA) is 55.6 Å². The van der Waals surface area contributed by atoms with Gasteiger partial charge in [0.05, 0.1) is 0 Å². The fourth-order valence-electron chi connectivity index (χ4n) is 2.24. The molecule has 0 radical (unpaired) electrons. The molecule has 0 aromatic carbocycles. The summed E-state index contributed by atoms with van der Waals surface area (Å²) in [7, 11) is 0. The number of carbonyl (C=O) groups excluding carboxylic acids is 1. The summed E-state index contributed by atoms with van der Waals surface area (Å²) in [6.07, 6.45) is 1.92. The molecule has 1 saturated heterocycles.